The highest BCUT2D eigenvalue weighted by Gasteiger charge is 2.44. The van der Waals surface area contributed by atoms with Crippen LogP contribution in [0, 0.1) is 5.82 Å². The van der Waals surface area contributed by atoms with Crippen molar-refractivity contribution in [1.82, 2.24) is 14.5 Å². The van der Waals surface area contributed by atoms with Crippen LogP contribution in [0.3, 0.4) is 0 Å². The second kappa shape index (κ2) is 8.00. The van der Waals surface area contributed by atoms with Crippen LogP contribution in [-0.4, -0.2) is 26.6 Å². The highest BCUT2D eigenvalue weighted by Crippen LogP contribution is 2.41. The van der Waals surface area contributed by atoms with E-state index in [1.54, 1.807) is 16.7 Å². The lowest BCUT2D eigenvalue weighted by molar-refractivity contribution is -0.140. The molecule has 0 saturated carbocycles. The molecule has 11 heteroatoms. The Morgan fingerprint density at radius 2 is 1.97 bits per heavy atom. The summed E-state index contributed by atoms with van der Waals surface area (Å²) in [6.07, 6.45) is -1.32. The molecular formula is C23H20F4N4O3. The molecule has 0 bridgehead atoms. The first-order chi connectivity index (χ1) is 16.1. The van der Waals surface area contributed by atoms with Gasteiger partial charge in [0, 0.05) is 30.4 Å². The van der Waals surface area contributed by atoms with E-state index in [0.29, 0.717) is 24.2 Å². The molecule has 0 radical (unpaired) electrons. The zero-order chi connectivity index (χ0) is 24.1. The van der Waals surface area contributed by atoms with E-state index in [2.05, 4.69) is 21.8 Å². The Hall–Kier alpha value is -3.63. The molecule has 0 aliphatic carbocycles. The first-order valence-corrected chi connectivity index (χ1v) is 10.6. The number of hydrogen-bond acceptors (Lipinski definition) is 6. The Bertz CT molecular complexity index is 1290. The van der Waals surface area contributed by atoms with E-state index in [1.165, 1.54) is 12.3 Å². The van der Waals surface area contributed by atoms with E-state index in [1.807, 2.05) is 0 Å². The molecule has 2 aromatic heterocycles. The molecule has 1 aromatic carbocycles. The zero-order valence-electron chi connectivity index (χ0n) is 18.1. The third-order valence-electron chi connectivity index (χ3n) is 6.14. The monoisotopic (exact) mass is 476 g/mol. The third kappa shape index (κ3) is 4.06. The van der Waals surface area contributed by atoms with E-state index in [9.17, 15) is 22.4 Å². The van der Waals surface area contributed by atoms with Crippen LogP contribution in [-0.2, 0) is 19.3 Å². The van der Waals surface area contributed by atoms with Crippen LogP contribution in [0.25, 0.3) is 0 Å². The van der Waals surface area contributed by atoms with E-state index in [-0.39, 0.29) is 35.3 Å². The first-order valence-electron chi connectivity index (χ1n) is 10.6. The van der Waals surface area contributed by atoms with Crippen LogP contribution in [0.5, 0.6) is 17.5 Å². The van der Waals surface area contributed by atoms with Crippen molar-refractivity contribution in [3.8, 4) is 17.5 Å². The molecule has 1 atom stereocenters. The summed E-state index contributed by atoms with van der Waals surface area (Å²) in [4.78, 5) is 22.8. The van der Waals surface area contributed by atoms with Crippen LogP contribution >= 0.6 is 0 Å². The van der Waals surface area contributed by atoms with Gasteiger partial charge in [-0.15, -0.1) is 0 Å². The smallest absolute Gasteiger partial charge is 0.419 e. The van der Waals surface area contributed by atoms with Crippen molar-refractivity contribution in [2.24, 2.45) is 0 Å². The summed E-state index contributed by atoms with van der Waals surface area (Å²) in [5, 5.41) is 0. The van der Waals surface area contributed by atoms with Crippen molar-refractivity contribution in [2.45, 2.75) is 44.6 Å². The summed E-state index contributed by atoms with van der Waals surface area (Å²) in [6, 6.07) is 7.20. The maximum atomic E-state index is 13.4. The number of fused-ring (bicyclic) bond motifs is 3. The second-order valence-electron chi connectivity index (χ2n) is 8.61. The molecule has 0 amide bonds. The van der Waals surface area contributed by atoms with Gasteiger partial charge in [-0.25, -0.2) is 14.2 Å². The number of ether oxygens (including phenoxy) is 2. The number of alkyl halides is 3. The van der Waals surface area contributed by atoms with Crippen molar-refractivity contribution in [3.05, 3.63) is 70.0 Å². The summed E-state index contributed by atoms with van der Waals surface area (Å²) in [7, 11) is 0. The number of anilines is 1. The van der Waals surface area contributed by atoms with Gasteiger partial charge in [-0.2, -0.15) is 18.2 Å². The molecule has 0 spiro atoms. The van der Waals surface area contributed by atoms with Crippen molar-refractivity contribution in [2.75, 3.05) is 11.4 Å². The molecule has 178 valence electrons. The lowest BCUT2D eigenvalue weighted by Gasteiger charge is -2.27. The van der Waals surface area contributed by atoms with Gasteiger partial charge in [-0.3, -0.25) is 4.57 Å². The molecule has 0 N–H and O–H groups in total. The number of rotatable bonds is 5. The maximum Gasteiger partial charge on any atom is 0.419 e. The van der Waals surface area contributed by atoms with E-state index < -0.39 is 17.6 Å². The highest BCUT2D eigenvalue weighted by atomic mass is 19.4. The largest absolute Gasteiger partial charge is 0.473 e. The second-order valence-corrected chi connectivity index (χ2v) is 8.61. The SMILES string of the molecule is CC12CCCN1c1cc(OCc3ccc(Oc4ccc(F)c(C(F)(F)F)c4)nc3)nc(=O)n1C2. The summed E-state index contributed by atoms with van der Waals surface area (Å²) in [6.45, 7) is 3.70. The van der Waals surface area contributed by atoms with Crippen LogP contribution in [0.2, 0.25) is 0 Å². The highest BCUT2D eigenvalue weighted by molar-refractivity contribution is 5.50. The zero-order valence-corrected chi connectivity index (χ0v) is 18.1. The van der Waals surface area contributed by atoms with Crippen LogP contribution in [0.4, 0.5) is 23.4 Å². The summed E-state index contributed by atoms with van der Waals surface area (Å²) in [5.41, 5.74) is -1.21. The first kappa shape index (κ1) is 22.2. The molecule has 1 fully saturated rings. The lowest BCUT2D eigenvalue weighted by Crippen LogP contribution is -2.38. The molecule has 5 rings (SSSR count). The van der Waals surface area contributed by atoms with Crippen molar-refractivity contribution in [3.63, 3.8) is 0 Å². The Morgan fingerprint density at radius 1 is 1.15 bits per heavy atom. The van der Waals surface area contributed by atoms with Crippen molar-refractivity contribution >= 4 is 5.82 Å². The van der Waals surface area contributed by atoms with Crippen molar-refractivity contribution in [1.29, 1.82) is 0 Å². The van der Waals surface area contributed by atoms with Gasteiger partial charge in [-0.05, 0) is 44.0 Å². The number of aromatic nitrogens is 3. The fourth-order valence-electron chi connectivity index (χ4n) is 4.46. The minimum atomic E-state index is -4.83. The number of nitrogens with zero attached hydrogens (tertiary/aromatic N) is 4. The van der Waals surface area contributed by atoms with E-state index in [0.717, 1.165) is 31.3 Å². The van der Waals surface area contributed by atoms with Gasteiger partial charge in [0.25, 0.3) is 0 Å². The molecule has 3 aromatic rings. The average molecular weight is 476 g/mol. The minimum Gasteiger partial charge on any atom is -0.473 e. The van der Waals surface area contributed by atoms with Crippen molar-refractivity contribution < 1.29 is 27.0 Å². The molecule has 7 nitrogen and oxygen atoms in total. The Labute approximate surface area is 191 Å². The standard InChI is InChI=1S/C23H20F4N4O3/c1-22-7-2-8-31(22)20-10-19(29-21(32)30(20)13-22)33-12-14-3-6-18(28-11-14)34-15-4-5-17(24)16(9-15)23(25,26)27/h3-6,9-11H,2,7-8,12-13H2,1H3. The molecule has 2 aliphatic heterocycles. The molecule has 34 heavy (non-hydrogen) atoms. The minimum absolute atomic E-state index is 0.0331. The number of benzene rings is 1. The van der Waals surface area contributed by atoms with Gasteiger partial charge in [0.15, 0.2) is 0 Å². The Kier molecular flexibility index (Phi) is 5.22. The summed E-state index contributed by atoms with van der Waals surface area (Å²) in [5.74, 6) is -0.532. The van der Waals surface area contributed by atoms with E-state index in [4.69, 9.17) is 9.47 Å². The molecular weight excluding hydrogens is 456 g/mol. The van der Waals surface area contributed by atoms with Gasteiger partial charge in [-0.1, -0.05) is 0 Å². The number of pyridine rings is 1. The Balaban J connectivity index is 1.26. The lowest BCUT2D eigenvalue weighted by atomic mass is 10.0. The quantitative estimate of drug-likeness (QED) is 0.504. The normalized spacial score (nSPS) is 19.1. The summed E-state index contributed by atoms with van der Waals surface area (Å²) >= 11 is 0. The van der Waals surface area contributed by atoms with Gasteiger partial charge in [0.2, 0.25) is 11.8 Å². The third-order valence-corrected chi connectivity index (χ3v) is 6.14. The number of halogens is 4. The molecule has 1 saturated heterocycles. The van der Waals surface area contributed by atoms with Gasteiger partial charge in [0.1, 0.15) is 24.0 Å². The predicted molar refractivity (Wildman–Crippen MR) is 114 cm³/mol. The van der Waals surface area contributed by atoms with Crippen LogP contribution < -0.4 is 20.1 Å². The Morgan fingerprint density at radius 3 is 2.71 bits per heavy atom. The maximum absolute atomic E-state index is 13.4. The molecule has 2 aliphatic rings. The van der Waals surface area contributed by atoms with Gasteiger partial charge in [0.05, 0.1) is 17.6 Å². The van der Waals surface area contributed by atoms with Gasteiger partial charge >= 0.3 is 11.9 Å². The molecule has 4 heterocycles. The van der Waals surface area contributed by atoms with Crippen LogP contribution in [0.1, 0.15) is 30.9 Å². The average Bonchev–Trinajstić information content (AvgIpc) is 3.29. The fourth-order valence-corrected chi connectivity index (χ4v) is 4.46. The van der Waals surface area contributed by atoms with Gasteiger partial charge < -0.3 is 14.4 Å². The van der Waals surface area contributed by atoms with E-state index >= 15 is 0 Å². The fraction of sp³-hybridized carbons (Fsp3) is 0.348. The topological polar surface area (TPSA) is 69.5 Å². The summed E-state index contributed by atoms with van der Waals surface area (Å²) < 4.78 is 64.7. The molecule has 1 unspecified atom stereocenters. The van der Waals surface area contributed by atoms with Crippen LogP contribution in [0.15, 0.2) is 47.4 Å². The predicted octanol–water partition coefficient (Wildman–Crippen LogP) is 4.54. The number of hydrogen-bond donors (Lipinski definition) is 0.